The summed E-state index contributed by atoms with van der Waals surface area (Å²) in [6, 6.07) is 3.87. The van der Waals surface area contributed by atoms with Crippen molar-refractivity contribution in [3.8, 4) is 0 Å². The Hall–Kier alpha value is -2.71. The summed E-state index contributed by atoms with van der Waals surface area (Å²) < 4.78 is 50.8. The SMILES string of the molecule is CC(C)(C)OC(=O)NCc1cc2cc(C3C[C@@H]3C(=O)O)cc(C(F)(F)F)c2o1. The minimum Gasteiger partial charge on any atom is -0.481 e. The number of hydrogen-bond acceptors (Lipinski definition) is 4. The number of rotatable bonds is 4. The van der Waals surface area contributed by atoms with E-state index in [-0.39, 0.29) is 23.3 Å². The van der Waals surface area contributed by atoms with Crippen LogP contribution in [0.15, 0.2) is 22.6 Å². The highest BCUT2D eigenvalue weighted by Crippen LogP contribution is 2.50. The van der Waals surface area contributed by atoms with Gasteiger partial charge in [-0.25, -0.2) is 4.79 Å². The van der Waals surface area contributed by atoms with Gasteiger partial charge in [0.25, 0.3) is 0 Å². The first-order valence-corrected chi connectivity index (χ1v) is 8.68. The van der Waals surface area contributed by atoms with Crippen LogP contribution in [-0.4, -0.2) is 22.8 Å². The Kier molecular flexibility index (Phi) is 4.81. The van der Waals surface area contributed by atoms with E-state index in [1.54, 1.807) is 20.8 Å². The molecule has 2 atom stereocenters. The van der Waals surface area contributed by atoms with Gasteiger partial charge in [0.15, 0.2) is 0 Å². The fourth-order valence-electron chi connectivity index (χ4n) is 3.05. The van der Waals surface area contributed by atoms with Gasteiger partial charge in [-0.05, 0) is 56.9 Å². The summed E-state index contributed by atoms with van der Waals surface area (Å²) in [7, 11) is 0. The number of benzene rings is 1. The van der Waals surface area contributed by atoms with Crippen LogP contribution in [0.2, 0.25) is 0 Å². The Morgan fingerprint density at radius 2 is 1.93 bits per heavy atom. The van der Waals surface area contributed by atoms with Crippen LogP contribution >= 0.6 is 0 Å². The molecular formula is C19H20F3NO5. The van der Waals surface area contributed by atoms with Crippen LogP contribution < -0.4 is 5.32 Å². The summed E-state index contributed by atoms with van der Waals surface area (Å²) >= 11 is 0. The highest BCUT2D eigenvalue weighted by atomic mass is 19.4. The van der Waals surface area contributed by atoms with Crippen LogP contribution in [0.3, 0.4) is 0 Å². The third-order valence-electron chi connectivity index (χ3n) is 4.34. The molecule has 2 N–H and O–H groups in total. The van der Waals surface area contributed by atoms with Crippen LogP contribution in [0.1, 0.15) is 50.0 Å². The summed E-state index contributed by atoms with van der Waals surface area (Å²) in [4.78, 5) is 22.8. The third kappa shape index (κ3) is 4.40. The van der Waals surface area contributed by atoms with Crippen molar-refractivity contribution in [3.05, 3.63) is 35.1 Å². The van der Waals surface area contributed by atoms with Crippen molar-refractivity contribution in [2.24, 2.45) is 5.92 Å². The fourth-order valence-corrected chi connectivity index (χ4v) is 3.05. The number of amides is 1. The molecule has 1 heterocycles. The lowest BCUT2D eigenvalue weighted by Gasteiger charge is -2.19. The minimum absolute atomic E-state index is 0.133. The van der Waals surface area contributed by atoms with Crippen molar-refractivity contribution >= 4 is 23.0 Å². The molecule has 1 aromatic heterocycles. The molecule has 1 aliphatic rings. The van der Waals surface area contributed by atoms with Gasteiger partial charge in [0.1, 0.15) is 16.9 Å². The number of alkyl halides is 3. The van der Waals surface area contributed by atoms with E-state index in [1.165, 1.54) is 12.1 Å². The van der Waals surface area contributed by atoms with Gasteiger partial charge in [-0.3, -0.25) is 4.79 Å². The number of hydrogen-bond donors (Lipinski definition) is 2. The number of carbonyl (C=O) groups is 2. The van der Waals surface area contributed by atoms with Crippen molar-refractivity contribution in [3.63, 3.8) is 0 Å². The second kappa shape index (κ2) is 6.72. The highest BCUT2D eigenvalue weighted by molar-refractivity contribution is 5.84. The lowest BCUT2D eigenvalue weighted by atomic mass is 10.0. The molecular weight excluding hydrogens is 379 g/mol. The minimum atomic E-state index is -4.66. The van der Waals surface area contributed by atoms with Crippen LogP contribution in [0.25, 0.3) is 11.0 Å². The van der Waals surface area contributed by atoms with Crippen molar-refractivity contribution < 1.29 is 37.0 Å². The van der Waals surface area contributed by atoms with E-state index in [0.717, 1.165) is 6.07 Å². The topological polar surface area (TPSA) is 88.8 Å². The van der Waals surface area contributed by atoms with Gasteiger partial charge in [-0.15, -0.1) is 0 Å². The molecule has 1 aromatic carbocycles. The smallest absolute Gasteiger partial charge is 0.420 e. The number of aliphatic carboxylic acids is 1. The van der Waals surface area contributed by atoms with E-state index < -0.39 is 41.2 Å². The Morgan fingerprint density at radius 1 is 1.25 bits per heavy atom. The molecule has 1 unspecified atom stereocenters. The molecule has 9 heteroatoms. The Balaban J connectivity index is 1.87. The molecule has 2 aromatic rings. The number of halogens is 3. The number of carboxylic acid groups (broad SMARTS) is 1. The van der Waals surface area contributed by atoms with Crippen LogP contribution in [0, 0.1) is 5.92 Å². The maximum atomic E-state index is 13.5. The zero-order chi connectivity index (χ0) is 20.9. The zero-order valence-electron chi connectivity index (χ0n) is 15.5. The molecule has 0 radical (unpaired) electrons. The number of carboxylic acids is 1. The number of alkyl carbamates (subject to hydrolysis) is 1. The number of furan rings is 1. The molecule has 6 nitrogen and oxygen atoms in total. The number of ether oxygens (including phenoxy) is 1. The lowest BCUT2D eigenvalue weighted by Crippen LogP contribution is -2.32. The van der Waals surface area contributed by atoms with Crippen LogP contribution in [0.5, 0.6) is 0 Å². The summed E-state index contributed by atoms with van der Waals surface area (Å²) in [5.74, 6) is -2.00. The molecule has 0 saturated heterocycles. The van der Waals surface area contributed by atoms with Gasteiger partial charge >= 0.3 is 18.2 Å². The molecule has 0 spiro atoms. The van der Waals surface area contributed by atoms with Crippen LogP contribution in [-0.2, 0) is 22.3 Å². The molecule has 3 rings (SSSR count). The molecule has 1 saturated carbocycles. The van der Waals surface area contributed by atoms with Crippen molar-refractivity contribution in [1.29, 1.82) is 0 Å². The Bertz CT molecular complexity index is 926. The largest absolute Gasteiger partial charge is 0.481 e. The molecule has 1 fully saturated rings. The van der Waals surface area contributed by atoms with Gasteiger partial charge in [-0.2, -0.15) is 13.2 Å². The summed E-state index contributed by atoms with van der Waals surface area (Å²) in [5.41, 5.74) is -1.69. The van der Waals surface area contributed by atoms with E-state index in [1.807, 2.05) is 0 Å². The zero-order valence-corrected chi connectivity index (χ0v) is 15.5. The molecule has 1 aliphatic carbocycles. The summed E-state index contributed by atoms with van der Waals surface area (Å²) in [6.45, 7) is 4.92. The van der Waals surface area contributed by atoms with Gasteiger partial charge in [-0.1, -0.05) is 0 Å². The van der Waals surface area contributed by atoms with Crippen molar-refractivity contribution in [1.82, 2.24) is 5.32 Å². The Labute approximate surface area is 158 Å². The lowest BCUT2D eigenvalue weighted by molar-refractivity contribution is -0.138. The van der Waals surface area contributed by atoms with Gasteiger partial charge in [0, 0.05) is 5.39 Å². The van der Waals surface area contributed by atoms with Crippen molar-refractivity contribution in [2.45, 2.75) is 51.4 Å². The first kappa shape index (κ1) is 20.0. The summed E-state index contributed by atoms with van der Waals surface area (Å²) in [6.07, 6.45) is -5.06. The van der Waals surface area contributed by atoms with E-state index in [4.69, 9.17) is 14.3 Å². The second-order valence-corrected chi connectivity index (χ2v) is 7.84. The molecule has 0 aliphatic heterocycles. The highest BCUT2D eigenvalue weighted by Gasteiger charge is 2.45. The average molecular weight is 399 g/mol. The third-order valence-corrected chi connectivity index (χ3v) is 4.34. The van der Waals surface area contributed by atoms with E-state index >= 15 is 0 Å². The van der Waals surface area contributed by atoms with Gasteiger partial charge < -0.3 is 19.6 Å². The first-order chi connectivity index (χ1) is 12.8. The first-order valence-electron chi connectivity index (χ1n) is 8.68. The average Bonchev–Trinajstić information content (AvgIpc) is 3.23. The van der Waals surface area contributed by atoms with E-state index in [9.17, 15) is 22.8 Å². The maximum absolute atomic E-state index is 13.5. The number of fused-ring (bicyclic) bond motifs is 1. The maximum Gasteiger partial charge on any atom is 0.420 e. The molecule has 152 valence electrons. The fraction of sp³-hybridized carbons (Fsp3) is 0.474. The monoisotopic (exact) mass is 399 g/mol. The standard InChI is InChI=1S/C19H20F3NO5/c1-18(2,3)28-17(26)23-8-11-5-10-4-9(12-7-13(12)16(24)25)6-14(15(10)27-11)19(20,21)22/h4-6,12-13H,7-8H2,1-3H3,(H,23,26)(H,24,25)/t12?,13-/m0/s1. The van der Waals surface area contributed by atoms with E-state index in [2.05, 4.69) is 5.32 Å². The van der Waals surface area contributed by atoms with Gasteiger partial charge in [0.05, 0.1) is 18.0 Å². The number of nitrogens with one attached hydrogen (secondary N) is 1. The molecule has 28 heavy (non-hydrogen) atoms. The predicted molar refractivity (Wildman–Crippen MR) is 92.8 cm³/mol. The molecule has 1 amide bonds. The quantitative estimate of drug-likeness (QED) is 0.780. The summed E-state index contributed by atoms with van der Waals surface area (Å²) in [5, 5.41) is 11.7. The predicted octanol–water partition coefficient (Wildman–Crippen LogP) is 4.66. The van der Waals surface area contributed by atoms with Crippen LogP contribution in [0.4, 0.5) is 18.0 Å². The van der Waals surface area contributed by atoms with E-state index in [0.29, 0.717) is 12.0 Å². The van der Waals surface area contributed by atoms with Gasteiger partial charge in [0.2, 0.25) is 0 Å². The Morgan fingerprint density at radius 3 is 2.46 bits per heavy atom. The number of carbonyl (C=O) groups excluding carboxylic acids is 1. The normalized spacial score (nSPS) is 19.5. The van der Waals surface area contributed by atoms with Crippen molar-refractivity contribution in [2.75, 3.05) is 0 Å². The molecule has 0 bridgehead atoms. The second-order valence-electron chi connectivity index (χ2n) is 7.84.